The molecule has 24 heavy (non-hydrogen) atoms. The van der Waals surface area contributed by atoms with Crippen molar-refractivity contribution in [3.8, 4) is 0 Å². The number of carbonyl (C=O) groups is 1. The smallest absolute Gasteiger partial charge is 0.550 e. The van der Waals surface area contributed by atoms with Crippen molar-refractivity contribution in [3.05, 3.63) is 12.2 Å². The fourth-order valence-electron chi connectivity index (χ4n) is 7.59. The summed E-state index contributed by atoms with van der Waals surface area (Å²) in [5.74, 6) is -0.121. The molecule has 0 aromatic heterocycles. The summed E-state index contributed by atoms with van der Waals surface area (Å²) in [6, 6.07) is 0. The van der Waals surface area contributed by atoms with Crippen LogP contribution in [0.1, 0.15) is 71.6 Å². The number of hydrogen-bond donors (Lipinski definition) is 1. The molecule has 1 spiro atoms. The molecule has 1 N–H and O–H groups in total. The average Bonchev–Trinajstić information content (AvgIpc) is 2.63. The Labute approximate surface area is 188 Å². The normalized spacial score (nSPS) is 52.9. The van der Waals surface area contributed by atoms with Gasteiger partial charge in [0.25, 0.3) is 0 Å². The summed E-state index contributed by atoms with van der Waals surface area (Å²) in [4.78, 5) is 11.9. The van der Waals surface area contributed by atoms with E-state index in [0.717, 1.165) is 63.4 Å². The van der Waals surface area contributed by atoms with E-state index in [0.29, 0.717) is 5.92 Å². The molecule has 128 valence electrons. The van der Waals surface area contributed by atoms with Crippen molar-refractivity contribution in [3.63, 3.8) is 0 Å². The topological polar surface area (TPSA) is 60.4 Å². The summed E-state index contributed by atoms with van der Waals surface area (Å²) >= 11 is 0. The van der Waals surface area contributed by atoms with Crippen molar-refractivity contribution in [2.45, 2.75) is 77.2 Å². The second-order valence-corrected chi connectivity index (χ2v) is 9.60. The average molecular weight is 357 g/mol. The van der Waals surface area contributed by atoms with Crippen LogP contribution in [0.25, 0.3) is 0 Å². The van der Waals surface area contributed by atoms with E-state index in [2.05, 4.69) is 13.5 Å². The van der Waals surface area contributed by atoms with Gasteiger partial charge in [0.05, 0.1) is 5.60 Å². The van der Waals surface area contributed by atoms with Gasteiger partial charge >= 0.3 is 51.4 Å². The van der Waals surface area contributed by atoms with Gasteiger partial charge in [0, 0.05) is 11.4 Å². The monoisotopic (exact) mass is 356 g/mol. The first-order valence-corrected chi connectivity index (χ1v) is 9.29. The Morgan fingerprint density at radius 1 is 1.17 bits per heavy atom. The van der Waals surface area contributed by atoms with Gasteiger partial charge in [0.1, 0.15) is 0 Å². The summed E-state index contributed by atoms with van der Waals surface area (Å²) in [5, 5.41) is 22.8. The van der Waals surface area contributed by atoms with Gasteiger partial charge in [-0.25, -0.2) is 0 Å². The van der Waals surface area contributed by atoms with Gasteiger partial charge in [-0.1, -0.05) is 26.8 Å². The van der Waals surface area contributed by atoms with E-state index in [1.807, 2.05) is 6.92 Å². The molecule has 0 heterocycles. The van der Waals surface area contributed by atoms with E-state index in [4.69, 9.17) is 0 Å². The number of aliphatic hydroxyl groups is 1. The number of carboxylic acids is 1. The molecule has 0 radical (unpaired) electrons. The molecule has 4 aliphatic carbocycles. The Morgan fingerprint density at radius 2 is 1.83 bits per heavy atom. The first-order chi connectivity index (χ1) is 10.7. The molecule has 6 atom stereocenters. The number of aliphatic carboxylic acids is 1. The predicted molar refractivity (Wildman–Crippen MR) is 86.3 cm³/mol. The van der Waals surface area contributed by atoms with Gasteiger partial charge in [-0.15, -0.1) is 0 Å². The summed E-state index contributed by atoms with van der Waals surface area (Å²) < 4.78 is 0. The first kappa shape index (κ1) is 19.6. The van der Waals surface area contributed by atoms with E-state index < -0.39 is 17.0 Å². The van der Waals surface area contributed by atoms with E-state index in [1.165, 1.54) is 0 Å². The molecular weight excluding hydrogens is 327 g/mol. The van der Waals surface area contributed by atoms with Crippen molar-refractivity contribution in [1.29, 1.82) is 0 Å². The fraction of sp³-hybridized carbons (Fsp3) is 0.850. The molecular formula is C20H29KO3. The molecule has 0 aromatic rings. The maximum absolute atomic E-state index is 11.9. The molecule has 0 aromatic carbocycles. The molecule has 3 nitrogen and oxygen atoms in total. The molecule has 0 amide bonds. The number of fused-ring (bicyclic) bond motifs is 3. The minimum atomic E-state index is -0.854. The summed E-state index contributed by atoms with van der Waals surface area (Å²) in [7, 11) is 0. The first-order valence-electron chi connectivity index (χ1n) is 9.29. The predicted octanol–water partition coefficient (Wildman–Crippen LogP) is -0.176. The van der Waals surface area contributed by atoms with Crippen LogP contribution >= 0.6 is 0 Å². The largest absolute Gasteiger partial charge is 1.00 e. The summed E-state index contributed by atoms with van der Waals surface area (Å²) in [6.07, 6.45) is 8.49. The van der Waals surface area contributed by atoms with E-state index in [1.54, 1.807) is 0 Å². The second-order valence-electron chi connectivity index (χ2n) is 9.60. The van der Waals surface area contributed by atoms with Crippen LogP contribution in [0.3, 0.4) is 0 Å². The maximum Gasteiger partial charge on any atom is 1.00 e. The molecule has 4 saturated carbocycles. The molecule has 0 aliphatic heterocycles. The van der Waals surface area contributed by atoms with Crippen molar-refractivity contribution < 1.29 is 66.4 Å². The zero-order chi connectivity index (χ0) is 16.7. The second kappa shape index (κ2) is 5.90. The van der Waals surface area contributed by atoms with Gasteiger partial charge in [0.15, 0.2) is 0 Å². The van der Waals surface area contributed by atoms with Crippen LogP contribution in [-0.2, 0) is 4.79 Å². The number of carbonyl (C=O) groups excluding carboxylic acids is 1. The van der Waals surface area contributed by atoms with Gasteiger partial charge in [-0.2, -0.15) is 0 Å². The van der Waals surface area contributed by atoms with Crippen LogP contribution in [0.4, 0.5) is 0 Å². The Bertz CT molecular complexity index is 589. The zero-order valence-electron chi connectivity index (χ0n) is 15.5. The summed E-state index contributed by atoms with van der Waals surface area (Å²) in [5.41, 5.74) is -0.0682. The molecule has 4 heteroatoms. The van der Waals surface area contributed by atoms with Crippen molar-refractivity contribution in [1.82, 2.24) is 0 Å². The number of carboxylic acid groups (broad SMARTS) is 1. The number of hydrogen-bond acceptors (Lipinski definition) is 3. The molecule has 4 fully saturated rings. The van der Waals surface area contributed by atoms with E-state index >= 15 is 0 Å². The maximum atomic E-state index is 11.9. The van der Waals surface area contributed by atoms with Gasteiger partial charge in [-0.05, 0) is 79.6 Å². The third-order valence-electron chi connectivity index (χ3n) is 8.62. The van der Waals surface area contributed by atoms with Crippen LogP contribution in [-0.4, -0.2) is 16.7 Å². The van der Waals surface area contributed by atoms with Gasteiger partial charge < -0.3 is 15.0 Å². The zero-order valence-corrected chi connectivity index (χ0v) is 18.6. The Balaban J connectivity index is 0.00000169. The van der Waals surface area contributed by atoms with E-state index in [9.17, 15) is 15.0 Å². The van der Waals surface area contributed by atoms with Crippen molar-refractivity contribution >= 4 is 5.97 Å². The Hall–Kier alpha value is 0.806. The van der Waals surface area contributed by atoms with Crippen LogP contribution < -0.4 is 56.5 Å². The van der Waals surface area contributed by atoms with Crippen LogP contribution in [0.2, 0.25) is 0 Å². The Morgan fingerprint density at radius 3 is 2.50 bits per heavy atom. The van der Waals surface area contributed by atoms with Crippen LogP contribution in [0.15, 0.2) is 12.2 Å². The fourth-order valence-corrected chi connectivity index (χ4v) is 7.59. The molecule has 0 unspecified atom stereocenters. The quantitative estimate of drug-likeness (QED) is 0.524. The molecule has 2 bridgehead atoms. The van der Waals surface area contributed by atoms with Gasteiger partial charge in [-0.3, -0.25) is 0 Å². The third-order valence-corrected chi connectivity index (χ3v) is 8.62. The summed E-state index contributed by atoms with van der Waals surface area (Å²) in [6.45, 7) is 8.45. The minimum absolute atomic E-state index is 0. The number of rotatable bonds is 1. The molecule has 0 saturated heterocycles. The minimum Gasteiger partial charge on any atom is -0.550 e. The standard InChI is InChI=1S/C20H30O3.K/c1-13-11-19-9-5-14-17(2,7-4-8-18(14,3)16(21)22)15(19)6-10-20(13,23)12-19;/h14-15,23H,1,4-12H2,2-3H3,(H,21,22);/q;+1/p-1/t14-,15-,17+,18+,19+,20-;/m0./s1. The van der Waals surface area contributed by atoms with Crippen LogP contribution in [0, 0.1) is 28.1 Å². The molecule has 4 rings (SSSR count). The SMILES string of the molecule is C=C1C[C@@]23CC[C@H]4[C@@](C)(CCC[C@@]4(C)C(=O)[O-])[C@@H]2CC[C@]1(O)C3.[K+]. The van der Waals surface area contributed by atoms with Crippen molar-refractivity contribution in [2.75, 3.05) is 0 Å². The van der Waals surface area contributed by atoms with E-state index in [-0.39, 0.29) is 68.1 Å². The molecule has 4 aliphatic rings. The third kappa shape index (κ3) is 2.36. The Kier molecular flexibility index (Phi) is 4.81. The van der Waals surface area contributed by atoms with Gasteiger partial charge in [0.2, 0.25) is 0 Å². The van der Waals surface area contributed by atoms with Crippen LogP contribution in [0.5, 0.6) is 0 Å². The van der Waals surface area contributed by atoms with Crippen molar-refractivity contribution in [2.24, 2.45) is 28.1 Å².